The molecule has 2 aliphatic rings. The average Bonchev–Trinajstić information content (AvgIpc) is 2.57. The molecule has 25 heavy (non-hydrogen) atoms. The number of fused-ring (bicyclic) bond motifs is 1. The largest absolute Gasteiger partial charge is 0.325 e. The number of rotatable bonds is 4. The minimum atomic E-state index is 0.0346. The molecule has 3 rings (SSSR count). The maximum absolute atomic E-state index is 11.7. The topological polar surface area (TPSA) is 66.7 Å². The predicted octanol–water partition coefficient (Wildman–Crippen LogP) is 4.59. The molecule has 2 heterocycles. The van der Waals surface area contributed by atoms with Crippen LogP contribution in [0.1, 0.15) is 70.9 Å². The minimum absolute atomic E-state index is 0.0346. The van der Waals surface area contributed by atoms with Crippen molar-refractivity contribution in [1.82, 2.24) is 4.98 Å². The van der Waals surface area contributed by atoms with Gasteiger partial charge in [0.1, 0.15) is 0 Å². The summed E-state index contributed by atoms with van der Waals surface area (Å²) < 4.78 is 0. The zero-order valence-electron chi connectivity index (χ0n) is 15.3. The van der Waals surface area contributed by atoms with Crippen LogP contribution in [0.5, 0.6) is 0 Å². The number of aromatic nitrogens is 1. The Balaban J connectivity index is 1.78. The van der Waals surface area contributed by atoms with Gasteiger partial charge < -0.3 is 5.32 Å². The number of pyridine rings is 1. The summed E-state index contributed by atoms with van der Waals surface area (Å²) in [5, 5.41) is 11.8. The van der Waals surface area contributed by atoms with Crippen LogP contribution in [0.3, 0.4) is 0 Å². The molecule has 1 amide bonds. The second-order valence-electron chi connectivity index (χ2n) is 7.16. The van der Waals surface area contributed by atoms with Crippen LogP contribution in [0.2, 0.25) is 0 Å². The number of carbonyl (C=O) groups is 1. The fraction of sp³-hybridized carbons (Fsp3) is 0.600. The van der Waals surface area contributed by atoms with E-state index in [0.29, 0.717) is 18.3 Å². The molecular formula is C20H28N4O. The van der Waals surface area contributed by atoms with Gasteiger partial charge in [-0.2, -0.15) is 10.2 Å². The zero-order chi connectivity index (χ0) is 17.6. The Hall–Kier alpha value is -2.04. The molecule has 1 saturated carbocycles. The SMILES string of the molecule is CCCC(=O)Nc1ccc(C2=NN=C(C)C3CCCCCC[C@H]23)nc1. The number of carbonyl (C=O) groups excluding carboxylic acids is 1. The second-order valence-corrected chi connectivity index (χ2v) is 7.16. The summed E-state index contributed by atoms with van der Waals surface area (Å²) in [5.74, 6) is 0.955. The Morgan fingerprint density at radius 3 is 2.56 bits per heavy atom. The highest BCUT2D eigenvalue weighted by Crippen LogP contribution is 2.34. The Morgan fingerprint density at radius 2 is 1.88 bits per heavy atom. The highest BCUT2D eigenvalue weighted by molar-refractivity contribution is 6.05. The van der Waals surface area contributed by atoms with Crippen molar-refractivity contribution in [3.05, 3.63) is 24.0 Å². The summed E-state index contributed by atoms with van der Waals surface area (Å²) in [6.45, 7) is 4.11. The molecule has 1 aliphatic heterocycles. The third-order valence-electron chi connectivity index (χ3n) is 5.26. The molecule has 1 aromatic heterocycles. The maximum atomic E-state index is 11.7. The molecule has 1 aliphatic carbocycles. The van der Waals surface area contributed by atoms with E-state index in [2.05, 4.69) is 27.4 Å². The molecular weight excluding hydrogens is 312 g/mol. The molecule has 2 atom stereocenters. The molecule has 5 nitrogen and oxygen atoms in total. The van der Waals surface area contributed by atoms with Crippen LogP contribution in [0, 0.1) is 11.8 Å². The standard InChI is InChI=1S/C20H28N4O/c1-3-8-19(25)22-15-11-12-18(21-13-15)20-17-10-7-5-4-6-9-16(17)14(2)23-24-20/h11-13,16-17H,3-10H2,1-2H3,(H,22,25)/t16?,17-/m0/s1. The molecule has 1 unspecified atom stereocenters. The number of hydrogen-bond donors (Lipinski definition) is 1. The third kappa shape index (κ3) is 4.33. The molecule has 1 N–H and O–H groups in total. The van der Waals surface area contributed by atoms with Crippen LogP contribution in [-0.4, -0.2) is 22.3 Å². The smallest absolute Gasteiger partial charge is 0.224 e. The normalized spacial score (nSPS) is 23.6. The van der Waals surface area contributed by atoms with Crippen molar-refractivity contribution < 1.29 is 4.79 Å². The van der Waals surface area contributed by atoms with E-state index in [0.717, 1.165) is 29.9 Å². The summed E-state index contributed by atoms with van der Waals surface area (Å²) >= 11 is 0. The van der Waals surface area contributed by atoms with Gasteiger partial charge in [0.25, 0.3) is 0 Å². The highest BCUT2D eigenvalue weighted by atomic mass is 16.1. The van der Waals surface area contributed by atoms with Gasteiger partial charge in [-0.1, -0.05) is 32.6 Å². The summed E-state index contributed by atoms with van der Waals surface area (Å²) in [4.78, 5) is 16.3. The predicted molar refractivity (Wildman–Crippen MR) is 102 cm³/mol. The Kier molecular flexibility index (Phi) is 5.95. The molecule has 0 bridgehead atoms. The van der Waals surface area contributed by atoms with Crippen LogP contribution in [0.4, 0.5) is 5.69 Å². The van der Waals surface area contributed by atoms with Gasteiger partial charge >= 0.3 is 0 Å². The summed E-state index contributed by atoms with van der Waals surface area (Å²) in [7, 11) is 0. The fourth-order valence-electron chi connectivity index (χ4n) is 3.90. The van der Waals surface area contributed by atoms with Crippen LogP contribution in [0.25, 0.3) is 0 Å². The summed E-state index contributed by atoms with van der Waals surface area (Å²) in [6, 6.07) is 3.88. The zero-order valence-corrected chi connectivity index (χ0v) is 15.3. The van der Waals surface area contributed by atoms with Crippen molar-refractivity contribution in [3.63, 3.8) is 0 Å². The number of hydrogen-bond acceptors (Lipinski definition) is 4. The minimum Gasteiger partial charge on any atom is -0.325 e. The lowest BCUT2D eigenvalue weighted by molar-refractivity contribution is -0.116. The Bertz CT molecular complexity index is 663. The fourth-order valence-corrected chi connectivity index (χ4v) is 3.90. The number of nitrogens with zero attached hydrogens (tertiary/aromatic N) is 3. The maximum Gasteiger partial charge on any atom is 0.224 e. The molecule has 134 valence electrons. The lowest BCUT2D eigenvalue weighted by atomic mass is 9.75. The quantitative estimate of drug-likeness (QED) is 0.871. The average molecular weight is 340 g/mol. The van der Waals surface area contributed by atoms with Crippen molar-refractivity contribution in [2.45, 2.75) is 65.2 Å². The molecule has 1 fully saturated rings. The van der Waals surface area contributed by atoms with Gasteiger partial charge in [-0.3, -0.25) is 9.78 Å². The van der Waals surface area contributed by atoms with Crippen molar-refractivity contribution in [2.24, 2.45) is 22.0 Å². The van der Waals surface area contributed by atoms with Crippen LogP contribution in [0.15, 0.2) is 28.5 Å². The van der Waals surface area contributed by atoms with Gasteiger partial charge in [0, 0.05) is 24.0 Å². The Morgan fingerprint density at radius 1 is 1.12 bits per heavy atom. The lowest BCUT2D eigenvalue weighted by Crippen LogP contribution is -2.33. The van der Waals surface area contributed by atoms with Gasteiger partial charge in [-0.25, -0.2) is 0 Å². The summed E-state index contributed by atoms with van der Waals surface area (Å²) in [6.07, 6.45) is 10.6. The van der Waals surface area contributed by atoms with E-state index in [9.17, 15) is 4.79 Å². The molecule has 0 radical (unpaired) electrons. The van der Waals surface area contributed by atoms with E-state index in [1.165, 1.54) is 37.8 Å². The number of amides is 1. The first-order valence-corrected chi connectivity index (χ1v) is 9.57. The molecule has 5 heteroatoms. The molecule has 1 aromatic rings. The van der Waals surface area contributed by atoms with E-state index in [1.807, 2.05) is 19.1 Å². The van der Waals surface area contributed by atoms with E-state index in [-0.39, 0.29) is 5.91 Å². The lowest BCUT2D eigenvalue weighted by Gasteiger charge is -2.32. The highest BCUT2D eigenvalue weighted by Gasteiger charge is 2.33. The number of anilines is 1. The first kappa shape index (κ1) is 17.8. The second kappa shape index (κ2) is 8.37. The van der Waals surface area contributed by atoms with Crippen molar-refractivity contribution in [3.8, 4) is 0 Å². The molecule has 0 aromatic carbocycles. The van der Waals surface area contributed by atoms with E-state index >= 15 is 0 Å². The van der Waals surface area contributed by atoms with Crippen molar-refractivity contribution >= 4 is 23.0 Å². The van der Waals surface area contributed by atoms with Gasteiger partial charge in [0.05, 0.1) is 23.3 Å². The van der Waals surface area contributed by atoms with Crippen molar-refractivity contribution in [2.75, 3.05) is 5.32 Å². The summed E-state index contributed by atoms with van der Waals surface area (Å²) in [5.41, 5.74) is 3.82. The monoisotopic (exact) mass is 340 g/mol. The van der Waals surface area contributed by atoms with E-state index < -0.39 is 0 Å². The molecule has 0 saturated heterocycles. The van der Waals surface area contributed by atoms with Crippen LogP contribution in [-0.2, 0) is 4.79 Å². The first-order chi connectivity index (χ1) is 12.2. The molecule has 0 spiro atoms. The number of nitrogens with one attached hydrogen (secondary N) is 1. The van der Waals surface area contributed by atoms with E-state index in [1.54, 1.807) is 6.20 Å². The van der Waals surface area contributed by atoms with Gasteiger partial charge in [-0.15, -0.1) is 0 Å². The van der Waals surface area contributed by atoms with Crippen molar-refractivity contribution in [1.29, 1.82) is 0 Å². The Labute approximate surface area is 150 Å². The van der Waals surface area contributed by atoms with Gasteiger partial charge in [0.15, 0.2) is 0 Å². The van der Waals surface area contributed by atoms with Gasteiger partial charge in [0.2, 0.25) is 5.91 Å². The van der Waals surface area contributed by atoms with Crippen LogP contribution >= 0.6 is 0 Å². The van der Waals surface area contributed by atoms with Crippen LogP contribution < -0.4 is 5.32 Å². The first-order valence-electron chi connectivity index (χ1n) is 9.57. The third-order valence-corrected chi connectivity index (χ3v) is 5.26. The van der Waals surface area contributed by atoms with E-state index in [4.69, 9.17) is 0 Å². The van der Waals surface area contributed by atoms with Gasteiger partial charge in [-0.05, 0) is 38.3 Å².